The van der Waals surface area contributed by atoms with Gasteiger partial charge in [0.05, 0.1) is 5.56 Å². The number of H-pyrrole nitrogens is 1. The number of aromatic amines is 1. The average molecular weight is 184 g/mol. The van der Waals surface area contributed by atoms with Gasteiger partial charge in [-0.05, 0) is 6.07 Å². The molecule has 2 nitrogen and oxygen atoms in total. The summed E-state index contributed by atoms with van der Waals surface area (Å²) in [5, 5.41) is 0. The normalized spacial score (nSPS) is 9.71. The minimum atomic E-state index is 0.0439. The zero-order valence-corrected chi connectivity index (χ0v) is 7.60. The lowest BCUT2D eigenvalue weighted by atomic mass is 10.1. The summed E-state index contributed by atoms with van der Waals surface area (Å²) in [5.74, 6) is 0.0439. The molecule has 1 aromatic carbocycles. The molecule has 0 radical (unpaired) electrons. The molecule has 0 spiro atoms. The maximum absolute atomic E-state index is 11.8. The summed E-state index contributed by atoms with van der Waals surface area (Å²) in [6.07, 6.45) is 3.48. The molecule has 68 valence electrons. The second kappa shape index (κ2) is 3.83. The van der Waals surface area contributed by atoms with Crippen LogP contribution >= 0.6 is 0 Å². The van der Waals surface area contributed by atoms with Gasteiger partial charge < -0.3 is 0 Å². The quantitative estimate of drug-likeness (QED) is 0.654. The summed E-state index contributed by atoms with van der Waals surface area (Å²) in [6, 6.07) is 12.9. The van der Waals surface area contributed by atoms with Gasteiger partial charge in [0, 0.05) is 11.6 Å². The molecule has 2 aromatic rings. The number of rotatable bonds is 2. The molecular formula is C12H10NO+. The maximum Gasteiger partial charge on any atom is 0.199 e. The molecule has 0 unspecified atom stereocenters. The topological polar surface area (TPSA) is 31.2 Å². The lowest BCUT2D eigenvalue weighted by molar-refractivity contribution is -0.378. The van der Waals surface area contributed by atoms with Crippen LogP contribution in [-0.4, -0.2) is 5.78 Å². The molecule has 0 bridgehead atoms. The van der Waals surface area contributed by atoms with E-state index in [0.29, 0.717) is 11.1 Å². The van der Waals surface area contributed by atoms with E-state index in [4.69, 9.17) is 0 Å². The number of nitrogens with one attached hydrogen (secondary N) is 1. The van der Waals surface area contributed by atoms with Crippen LogP contribution in [0.2, 0.25) is 0 Å². The molecule has 1 heterocycles. The fourth-order valence-electron chi connectivity index (χ4n) is 1.29. The van der Waals surface area contributed by atoms with E-state index in [0.717, 1.165) is 0 Å². The van der Waals surface area contributed by atoms with Crippen molar-refractivity contribution in [1.29, 1.82) is 0 Å². The zero-order chi connectivity index (χ0) is 9.80. The molecule has 1 N–H and O–H groups in total. The molecule has 0 atom stereocenters. The van der Waals surface area contributed by atoms with E-state index in [1.807, 2.05) is 36.4 Å². The van der Waals surface area contributed by atoms with Gasteiger partial charge in [0.25, 0.3) is 0 Å². The number of ketones is 1. The van der Waals surface area contributed by atoms with Gasteiger partial charge in [0.1, 0.15) is 0 Å². The Morgan fingerprint density at radius 3 is 2.29 bits per heavy atom. The van der Waals surface area contributed by atoms with Gasteiger partial charge in [-0.3, -0.25) is 4.79 Å². The van der Waals surface area contributed by atoms with Gasteiger partial charge in [-0.15, -0.1) is 0 Å². The highest BCUT2D eigenvalue weighted by Gasteiger charge is 2.09. The average Bonchev–Trinajstić information content (AvgIpc) is 2.30. The van der Waals surface area contributed by atoms with E-state index in [2.05, 4.69) is 4.98 Å². The summed E-state index contributed by atoms with van der Waals surface area (Å²) >= 11 is 0. The van der Waals surface area contributed by atoms with Crippen molar-refractivity contribution in [3.8, 4) is 0 Å². The van der Waals surface area contributed by atoms with E-state index in [9.17, 15) is 4.79 Å². The van der Waals surface area contributed by atoms with Crippen molar-refractivity contribution in [2.45, 2.75) is 0 Å². The van der Waals surface area contributed by atoms with E-state index in [-0.39, 0.29) is 5.78 Å². The van der Waals surface area contributed by atoms with Gasteiger partial charge in [-0.1, -0.05) is 30.3 Å². The van der Waals surface area contributed by atoms with Crippen LogP contribution in [0, 0.1) is 0 Å². The van der Waals surface area contributed by atoms with Crippen molar-refractivity contribution in [3.63, 3.8) is 0 Å². The largest absolute Gasteiger partial charge is 0.288 e. The number of benzene rings is 1. The first-order valence-electron chi connectivity index (χ1n) is 4.44. The summed E-state index contributed by atoms with van der Waals surface area (Å²) in [6.45, 7) is 0. The molecule has 2 rings (SSSR count). The Hall–Kier alpha value is -1.96. The van der Waals surface area contributed by atoms with Crippen LogP contribution in [0.1, 0.15) is 15.9 Å². The number of hydrogen-bond acceptors (Lipinski definition) is 1. The third-order valence-electron chi connectivity index (χ3n) is 2.01. The van der Waals surface area contributed by atoms with Gasteiger partial charge in [-0.25, -0.2) is 4.98 Å². The first-order chi connectivity index (χ1) is 6.88. The summed E-state index contributed by atoms with van der Waals surface area (Å²) in [4.78, 5) is 14.7. The minimum absolute atomic E-state index is 0.0439. The predicted molar refractivity (Wildman–Crippen MR) is 52.9 cm³/mol. The summed E-state index contributed by atoms with van der Waals surface area (Å²) < 4.78 is 0. The minimum Gasteiger partial charge on any atom is -0.288 e. The van der Waals surface area contributed by atoms with Crippen LogP contribution in [0.5, 0.6) is 0 Å². The lowest BCUT2D eigenvalue weighted by Gasteiger charge is -1.96. The van der Waals surface area contributed by atoms with Crippen molar-refractivity contribution < 1.29 is 9.78 Å². The highest BCUT2D eigenvalue weighted by molar-refractivity contribution is 6.08. The molecule has 0 saturated heterocycles. The Labute approximate surface area is 82.2 Å². The fourth-order valence-corrected chi connectivity index (χ4v) is 1.29. The van der Waals surface area contributed by atoms with Crippen LogP contribution in [0.25, 0.3) is 0 Å². The van der Waals surface area contributed by atoms with E-state index < -0.39 is 0 Å². The number of pyridine rings is 1. The van der Waals surface area contributed by atoms with Crippen LogP contribution in [0.3, 0.4) is 0 Å². The Balaban J connectivity index is 2.35. The summed E-state index contributed by atoms with van der Waals surface area (Å²) in [7, 11) is 0. The number of hydrogen-bond donors (Lipinski definition) is 0. The Bertz CT molecular complexity index is 381. The van der Waals surface area contributed by atoms with Crippen molar-refractivity contribution in [2.24, 2.45) is 0 Å². The van der Waals surface area contributed by atoms with Crippen LogP contribution < -0.4 is 4.98 Å². The molecule has 0 aliphatic rings. The lowest BCUT2D eigenvalue weighted by Crippen LogP contribution is -2.07. The van der Waals surface area contributed by atoms with Crippen molar-refractivity contribution >= 4 is 5.78 Å². The highest BCUT2D eigenvalue weighted by atomic mass is 16.1. The number of aromatic nitrogens is 1. The van der Waals surface area contributed by atoms with Crippen LogP contribution in [0.4, 0.5) is 0 Å². The monoisotopic (exact) mass is 184 g/mol. The second-order valence-electron chi connectivity index (χ2n) is 2.99. The summed E-state index contributed by atoms with van der Waals surface area (Å²) in [5.41, 5.74) is 1.39. The van der Waals surface area contributed by atoms with Gasteiger partial charge in [0.15, 0.2) is 18.2 Å². The molecule has 1 aromatic heterocycles. The van der Waals surface area contributed by atoms with E-state index >= 15 is 0 Å². The Morgan fingerprint density at radius 1 is 0.929 bits per heavy atom. The van der Waals surface area contributed by atoms with Crippen molar-refractivity contribution in [2.75, 3.05) is 0 Å². The molecule has 14 heavy (non-hydrogen) atoms. The molecule has 0 amide bonds. The molecule has 0 aliphatic carbocycles. The highest BCUT2D eigenvalue weighted by Crippen LogP contribution is 2.06. The predicted octanol–water partition coefficient (Wildman–Crippen LogP) is 1.73. The van der Waals surface area contributed by atoms with Crippen molar-refractivity contribution in [1.82, 2.24) is 0 Å². The van der Waals surface area contributed by atoms with Gasteiger partial charge in [0.2, 0.25) is 0 Å². The number of carbonyl (C=O) groups is 1. The van der Waals surface area contributed by atoms with Crippen LogP contribution in [-0.2, 0) is 0 Å². The molecule has 0 saturated carbocycles. The second-order valence-corrected chi connectivity index (χ2v) is 2.99. The van der Waals surface area contributed by atoms with Crippen molar-refractivity contribution in [3.05, 3.63) is 66.0 Å². The molecule has 2 heteroatoms. The standard InChI is InChI=1S/C12H9NO/c14-12(10-5-2-1-3-6-10)11-7-4-8-13-9-11/h1-9H/p+1. The molecule has 0 fully saturated rings. The molecular weight excluding hydrogens is 174 g/mol. The zero-order valence-electron chi connectivity index (χ0n) is 7.60. The number of carbonyl (C=O) groups excluding carboxylic acids is 1. The fraction of sp³-hybridized carbons (Fsp3) is 0. The maximum atomic E-state index is 11.8. The Kier molecular flexibility index (Phi) is 2.36. The third kappa shape index (κ3) is 1.69. The smallest absolute Gasteiger partial charge is 0.199 e. The van der Waals surface area contributed by atoms with Gasteiger partial charge in [-0.2, -0.15) is 0 Å². The first-order valence-corrected chi connectivity index (χ1v) is 4.44. The Morgan fingerprint density at radius 2 is 1.64 bits per heavy atom. The van der Waals surface area contributed by atoms with Gasteiger partial charge >= 0.3 is 0 Å². The SMILES string of the molecule is O=C(c1ccccc1)c1ccc[nH+]c1. The first kappa shape index (κ1) is 8.63. The molecule has 0 aliphatic heterocycles. The van der Waals surface area contributed by atoms with Crippen LogP contribution in [0.15, 0.2) is 54.9 Å². The van der Waals surface area contributed by atoms with E-state index in [1.54, 1.807) is 18.5 Å². The van der Waals surface area contributed by atoms with E-state index in [1.165, 1.54) is 0 Å². The third-order valence-corrected chi connectivity index (χ3v) is 2.01.